The molecule has 0 saturated carbocycles. The van der Waals surface area contributed by atoms with Crippen molar-refractivity contribution in [2.24, 2.45) is 0 Å². The lowest BCUT2D eigenvalue weighted by Gasteiger charge is -2.03. The van der Waals surface area contributed by atoms with Crippen LogP contribution in [0.3, 0.4) is 0 Å². The summed E-state index contributed by atoms with van der Waals surface area (Å²) in [4.78, 5) is 8.05. The van der Waals surface area contributed by atoms with E-state index < -0.39 is 10.9 Å². The van der Waals surface area contributed by atoms with Crippen molar-refractivity contribution < 1.29 is 8.42 Å². The van der Waals surface area contributed by atoms with E-state index in [0.717, 1.165) is 0 Å². The van der Waals surface area contributed by atoms with Gasteiger partial charge < -0.3 is 5.73 Å². The molecule has 0 aliphatic rings. The summed E-state index contributed by atoms with van der Waals surface area (Å²) in [5.41, 5.74) is 6.75. The van der Waals surface area contributed by atoms with Crippen LogP contribution >= 0.6 is 0 Å². The van der Waals surface area contributed by atoms with E-state index >= 15 is 0 Å². The Hall–Kier alpha value is -1.89. The van der Waals surface area contributed by atoms with Gasteiger partial charge in [0.2, 0.25) is 10.9 Å². The van der Waals surface area contributed by atoms with E-state index in [-0.39, 0.29) is 11.6 Å². The molecular formula is C8H8N4O2S. The van der Waals surface area contributed by atoms with Gasteiger partial charge >= 0.3 is 0 Å². The fraction of sp³-hybridized carbons (Fsp3) is 0. The van der Waals surface area contributed by atoms with Crippen LogP contribution in [-0.4, -0.2) is 18.4 Å². The lowest BCUT2D eigenvalue weighted by Crippen LogP contribution is -2.04. The summed E-state index contributed by atoms with van der Waals surface area (Å²) in [7, 11) is -2.78. The minimum Gasteiger partial charge on any atom is -0.381 e. The molecule has 0 fully saturated rings. The number of hydrogen-bond acceptors (Lipinski definition) is 5. The first kappa shape index (κ1) is 9.66. The number of nitrogens with zero attached hydrogens (tertiary/aromatic N) is 2. The molecule has 0 unspecified atom stereocenters. The molecule has 0 spiro atoms. The standard InChI is InChI=1S/C8H8N4O2S/c9-7-8(12-15(13)14)11-6-4-2-1-3-5(6)10-7/h1-4,15H,(H2,9,10)(H,11,12,13,14). The molecule has 0 aliphatic heterocycles. The molecule has 1 heterocycles. The van der Waals surface area contributed by atoms with Crippen molar-refractivity contribution in [3.05, 3.63) is 24.3 Å². The zero-order chi connectivity index (χ0) is 10.8. The van der Waals surface area contributed by atoms with Gasteiger partial charge in [0.25, 0.3) is 0 Å². The smallest absolute Gasteiger partial charge is 0.223 e. The number of aromatic nitrogens is 2. The average molecular weight is 224 g/mol. The van der Waals surface area contributed by atoms with Crippen LogP contribution in [0.1, 0.15) is 0 Å². The van der Waals surface area contributed by atoms with Crippen LogP contribution in [0.25, 0.3) is 11.0 Å². The monoisotopic (exact) mass is 224 g/mol. The van der Waals surface area contributed by atoms with Crippen LogP contribution in [0, 0.1) is 0 Å². The fourth-order valence-corrected chi connectivity index (χ4v) is 1.52. The molecule has 1 aromatic heterocycles. The van der Waals surface area contributed by atoms with Crippen LogP contribution in [0.15, 0.2) is 24.3 Å². The molecule has 0 radical (unpaired) electrons. The maximum Gasteiger partial charge on any atom is 0.223 e. The summed E-state index contributed by atoms with van der Waals surface area (Å²) >= 11 is 0. The van der Waals surface area contributed by atoms with Crippen molar-refractivity contribution in [2.75, 3.05) is 10.5 Å². The van der Waals surface area contributed by atoms with Crippen molar-refractivity contribution in [3.8, 4) is 0 Å². The zero-order valence-electron chi connectivity index (χ0n) is 7.54. The number of fused-ring (bicyclic) bond motifs is 1. The number of nitrogen functional groups attached to an aromatic ring is 1. The molecule has 0 amide bonds. The maximum absolute atomic E-state index is 10.5. The molecule has 1 aromatic carbocycles. The number of nitrogens with two attached hydrogens (primary N) is 1. The van der Waals surface area contributed by atoms with Crippen molar-refractivity contribution in [2.45, 2.75) is 0 Å². The van der Waals surface area contributed by atoms with E-state index in [1.807, 2.05) is 0 Å². The molecule has 0 atom stereocenters. The molecule has 15 heavy (non-hydrogen) atoms. The van der Waals surface area contributed by atoms with Crippen LogP contribution in [-0.2, 0) is 10.9 Å². The van der Waals surface area contributed by atoms with Gasteiger partial charge in [0, 0.05) is 0 Å². The Kier molecular flexibility index (Phi) is 2.38. The number of benzene rings is 1. The molecule has 2 rings (SSSR count). The van der Waals surface area contributed by atoms with Crippen molar-refractivity contribution >= 4 is 33.6 Å². The Labute approximate surface area is 87.2 Å². The Morgan fingerprint density at radius 2 is 1.73 bits per heavy atom. The molecular weight excluding hydrogens is 216 g/mol. The second kappa shape index (κ2) is 3.70. The quantitative estimate of drug-likeness (QED) is 0.631. The van der Waals surface area contributed by atoms with E-state index in [9.17, 15) is 8.42 Å². The zero-order valence-corrected chi connectivity index (χ0v) is 8.44. The minimum absolute atomic E-state index is 0.0600. The number of para-hydroxylation sites is 2. The average Bonchev–Trinajstić information content (AvgIpc) is 2.18. The van der Waals surface area contributed by atoms with Gasteiger partial charge in [-0.1, -0.05) is 12.1 Å². The highest BCUT2D eigenvalue weighted by Gasteiger charge is 2.04. The third kappa shape index (κ3) is 1.96. The van der Waals surface area contributed by atoms with Gasteiger partial charge in [-0.05, 0) is 12.1 Å². The van der Waals surface area contributed by atoms with Crippen molar-refractivity contribution in [1.82, 2.24) is 9.97 Å². The molecule has 3 N–H and O–H groups in total. The highest BCUT2D eigenvalue weighted by Crippen LogP contribution is 2.17. The molecule has 0 bridgehead atoms. The van der Waals surface area contributed by atoms with Gasteiger partial charge in [-0.25, -0.2) is 18.4 Å². The van der Waals surface area contributed by atoms with Crippen molar-refractivity contribution in [1.29, 1.82) is 0 Å². The predicted molar refractivity (Wildman–Crippen MR) is 57.9 cm³/mol. The number of hydrogen-bond donors (Lipinski definition) is 3. The van der Waals surface area contributed by atoms with Crippen LogP contribution in [0.4, 0.5) is 11.6 Å². The molecule has 78 valence electrons. The third-order valence-electron chi connectivity index (χ3n) is 1.79. The minimum atomic E-state index is -2.78. The van der Waals surface area contributed by atoms with Gasteiger partial charge in [0.1, 0.15) is 0 Å². The first-order chi connectivity index (χ1) is 7.16. The third-order valence-corrected chi connectivity index (χ3v) is 2.19. The van der Waals surface area contributed by atoms with Gasteiger partial charge in [-0.3, -0.25) is 4.72 Å². The normalized spacial score (nSPS) is 10.7. The lowest BCUT2D eigenvalue weighted by molar-refractivity contribution is 0.619. The summed E-state index contributed by atoms with van der Waals surface area (Å²) in [6, 6.07) is 7.07. The van der Waals surface area contributed by atoms with Gasteiger partial charge in [-0.15, -0.1) is 0 Å². The molecule has 2 aromatic rings. The summed E-state index contributed by atoms with van der Waals surface area (Å²) < 4.78 is 23.0. The first-order valence-electron chi connectivity index (χ1n) is 4.10. The molecule has 0 aliphatic carbocycles. The first-order valence-corrected chi connectivity index (χ1v) is 5.28. The second-order valence-electron chi connectivity index (χ2n) is 2.82. The summed E-state index contributed by atoms with van der Waals surface area (Å²) in [5.74, 6) is 0.123. The van der Waals surface area contributed by atoms with Gasteiger partial charge in [0.05, 0.1) is 11.0 Å². The van der Waals surface area contributed by atoms with E-state index in [4.69, 9.17) is 5.73 Å². The van der Waals surface area contributed by atoms with Crippen LogP contribution < -0.4 is 10.5 Å². The Bertz CT molecular complexity index is 574. The Balaban J connectivity index is 2.61. The predicted octanol–water partition coefficient (Wildman–Crippen LogP) is 0.150. The number of nitrogens with one attached hydrogen (secondary N) is 1. The highest BCUT2D eigenvalue weighted by atomic mass is 32.2. The van der Waals surface area contributed by atoms with E-state index in [1.165, 1.54) is 0 Å². The van der Waals surface area contributed by atoms with E-state index in [2.05, 4.69) is 14.7 Å². The molecule has 0 saturated heterocycles. The fourth-order valence-electron chi connectivity index (χ4n) is 1.18. The summed E-state index contributed by atoms with van der Waals surface area (Å²) in [6.45, 7) is 0. The van der Waals surface area contributed by atoms with Crippen molar-refractivity contribution in [3.63, 3.8) is 0 Å². The highest BCUT2D eigenvalue weighted by molar-refractivity contribution is 7.73. The van der Waals surface area contributed by atoms with Gasteiger partial charge in [0.15, 0.2) is 11.6 Å². The molecule has 6 nitrogen and oxygen atoms in total. The van der Waals surface area contributed by atoms with E-state index in [0.29, 0.717) is 11.0 Å². The van der Waals surface area contributed by atoms with E-state index in [1.54, 1.807) is 24.3 Å². The number of rotatable bonds is 2. The van der Waals surface area contributed by atoms with Gasteiger partial charge in [-0.2, -0.15) is 0 Å². The summed E-state index contributed by atoms with van der Waals surface area (Å²) in [5, 5.41) is 0. The number of anilines is 2. The SMILES string of the molecule is Nc1nc2ccccc2nc1N[SH](=O)=O. The number of thiol groups is 1. The maximum atomic E-state index is 10.5. The lowest BCUT2D eigenvalue weighted by atomic mass is 10.3. The Morgan fingerprint density at radius 3 is 2.33 bits per heavy atom. The topological polar surface area (TPSA) is 98.0 Å². The Morgan fingerprint density at radius 1 is 1.13 bits per heavy atom. The summed E-state index contributed by atoms with van der Waals surface area (Å²) in [6.07, 6.45) is 0. The van der Waals surface area contributed by atoms with Crippen LogP contribution in [0.5, 0.6) is 0 Å². The largest absolute Gasteiger partial charge is 0.381 e. The second-order valence-corrected chi connectivity index (χ2v) is 3.55. The molecule has 7 heteroatoms. The van der Waals surface area contributed by atoms with Crippen LogP contribution in [0.2, 0.25) is 0 Å².